The summed E-state index contributed by atoms with van der Waals surface area (Å²) in [5, 5.41) is 0.361. The van der Waals surface area contributed by atoms with Crippen LogP contribution in [0, 0.1) is 11.6 Å². The van der Waals surface area contributed by atoms with Crippen LogP contribution in [-0.2, 0) is 0 Å². The molecule has 0 aromatic heterocycles. The minimum Gasteiger partial charge on any atom is -0.456 e. The van der Waals surface area contributed by atoms with E-state index in [9.17, 15) is 8.78 Å². The van der Waals surface area contributed by atoms with Gasteiger partial charge in [0.2, 0.25) is 0 Å². The van der Waals surface area contributed by atoms with Gasteiger partial charge in [-0.2, -0.15) is 0 Å². The molecule has 5 heteroatoms. The predicted molar refractivity (Wildman–Crippen MR) is 70.5 cm³/mol. The van der Waals surface area contributed by atoms with E-state index in [0.29, 0.717) is 10.8 Å². The zero-order valence-corrected chi connectivity index (χ0v) is 10.9. The number of halogens is 3. The van der Waals surface area contributed by atoms with E-state index in [1.807, 2.05) is 6.92 Å². The van der Waals surface area contributed by atoms with E-state index in [1.165, 1.54) is 6.07 Å². The van der Waals surface area contributed by atoms with Crippen molar-refractivity contribution in [3.63, 3.8) is 0 Å². The number of rotatable bonds is 3. The lowest BCUT2D eigenvalue weighted by Crippen LogP contribution is -2.04. The summed E-state index contributed by atoms with van der Waals surface area (Å²) in [4.78, 5) is 0. The van der Waals surface area contributed by atoms with Gasteiger partial charge in [0.25, 0.3) is 0 Å². The highest BCUT2D eigenvalue weighted by Crippen LogP contribution is 2.31. The van der Waals surface area contributed by atoms with Gasteiger partial charge in [-0.25, -0.2) is 8.78 Å². The van der Waals surface area contributed by atoms with Crippen molar-refractivity contribution in [3.05, 3.63) is 58.6 Å². The number of ether oxygens (including phenoxy) is 1. The molecule has 0 amide bonds. The molecule has 0 radical (unpaired) electrons. The van der Waals surface area contributed by atoms with E-state index in [-0.39, 0.29) is 11.8 Å². The Bertz CT molecular complexity index is 602. The fourth-order valence-corrected chi connectivity index (χ4v) is 1.78. The van der Waals surface area contributed by atoms with Crippen LogP contribution < -0.4 is 10.5 Å². The van der Waals surface area contributed by atoms with Crippen molar-refractivity contribution >= 4 is 11.6 Å². The zero-order valence-electron chi connectivity index (χ0n) is 10.2. The van der Waals surface area contributed by atoms with Crippen molar-refractivity contribution in [3.8, 4) is 11.5 Å². The Hall–Kier alpha value is -1.65. The second-order valence-electron chi connectivity index (χ2n) is 4.16. The second kappa shape index (κ2) is 5.55. The average Bonchev–Trinajstić information content (AvgIpc) is 2.36. The monoisotopic (exact) mass is 283 g/mol. The first-order valence-corrected chi connectivity index (χ1v) is 6.03. The van der Waals surface area contributed by atoms with Gasteiger partial charge in [-0.15, -0.1) is 0 Å². The largest absolute Gasteiger partial charge is 0.456 e. The van der Waals surface area contributed by atoms with E-state index in [4.69, 9.17) is 22.1 Å². The molecule has 0 saturated carbocycles. The normalized spacial score (nSPS) is 12.3. The molecule has 2 N–H and O–H groups in total. The maximum atomic E-state index is 13.0. The van der Waals surface area contributed by atoms with Crippen molar-refractivity contribution in [1.82, 2.24) is 0 Å². The fourth-order valence-electron chi connectivity index (χ4n) is 1.55. The molecule has 2 nitrogen and oxygen atoms in total. The molecule has 2 aromatic rings. The molecule has 19 heavy (non-hydrogen) atoms. The Labute approximate surface area is 114 Å². The zero-order chi connectivity index (χ0) is 14.0. The lowest BCUT2D eigenvalue weighted by molar-refractivity contribution is 0.461. The van der Waals surface area contributed by atoms with E-state index >= 15 is 0 Å². The standard InChI is InChI=1S/C14H12ClF2NO/c1-8(18)9-2-5-14(11(15)6-9)19-10-3-4-12(16)13(17)7-10/h2-8H,18H2,1H3/t8-/m0/s1. The van der Waals surface area contributed by atoms with Gasteiger partial charge < -0.3 is 10.5 Å². The first kappa shape index (κ1) is 13.8. The minimum absolute atomic E-state index is 0.144. The molecule has 0 bridgehead atoms. The molecule has 0 heterocycles. The minimum atomic E-state index is -0.971. The summed E-state index contributed by atoms with van der Waals surface area (Å²) >= 11 is 6.05. The molecule has 2 aromatic carbocycles. The van der Waals surface area contributed by atoms with Crippen LogP contribution in [0.3, 0.4) is 0 Å². The Morgan fingerprint density at radius 3 is 2.42 bits per heavy atom. The maximum absolute atomic E-state index is 13.0. The van der Waals surface area contributed by atoms with E-state index in [0.717, 1.165) is 17.7 Å². The van der Waals surface area contributed by atoms with Crippen LogP contribution in [0.5, 0.6) is 11.5 Å². The van der Waals surface area contributed by atoms with Crippen LogP contribution in [0.25, 0.3) is 0 Å². The Morgan fingerprint density at radius 2 is 1.84 bits per heavy atom. The molecule has 1 atom stereocenters. The number of hydrogen-bond acceptors (Lipinski definition) is 2. The first-order valence-electron chi connectivity index (χ1n) is 5.65. The smallest absolute Gasteiger partial charge is 0.162 e. The third-order valence-corrected chi connectivity index (χ3v) is 2.90. The molecule has 0 unspecified atom stereocenters. The second-order valence-corrected chi connectivity index (χ2v) is 4.56. The van der Waals surface area contributed by atoms with E-state index in [2.05, 4.69) is 0 Å². The van der Waals surface area contributed by atoms with Gasteiger partial charge in [-0.3, -0.25) is 0 Å². The summed E-state index contributed by atoms with van der Waals surface area (Å²) < 4.78 is 31.2. The molecule has 0 fully saturated rings. The lowest BCUT2D eigenvalue weighted by Gasteiger charge is -2.11. The van der Waals surface area contributed by atoms with Crippen LogP contribution in [0.1, 0.15) is 18.5 Å². The Kier molecular flexibility index (Phi) is 4.02. The van der Waals surface area contributed by atoms with Crippen LogP contribution >= 0.6 is 11.6 Å². The van der Waals surface area contributed by atoms with Crippen LogP contribution in [0.4, 0.5) is 8.78 Å². The highest BCUT2D eigenvalue weighted by molar-refractivity contribution is 6.32. The Balaban J connectivity index is 2.25. The van der Waals surface area contributed by atoms with E-state index in [1.54, 1.807) is 18.2 Å². The van der Waals surface area contributed by atoms with Crippen molar-refractivity contribution in [2.24, 2.45) is 5.73 Å². The molecule has 0 aliphatic rings. The highest BCUT2D eigenvalue weighted by atomic mass is 35.5. The summed E-state index contributed by atoms with van der Waals surface area (Å²) in [5.74, 6) is -1.36. The summed E-state index contributed by atoms with van der Waals surface area (Å²) in [6, 6.07) is 8.24. The van der Waals surface area contributed by atoms with Crippen LogP contribution in [0.2, 0.25) is 5.02 Å². The highest BCUT2D eigenvalue weighted by Gasteiger charge is 2.09. The van der Waals surface area contributed by atoms with Crippen molar-refractivity contribution in [2.75, 3.05) is 0 Å². The molecular formula is C14H12ClF2NO. The maximum Gasteiger partial charge on any atom is 0.162 e. The van der Waals surface area contributed by atoms with Crippen LogP contribution in [-0.4, -0.2) is 0 Å². The van der Waals surface area contributed by atoms with Gasteiger partial charge in [0.05, 0.1) is 5.02 Å². The third kappa shape index (κ3) is 3.22. The first-order chi connectivity index (χ1) is 8.97. The van der Waals surface area contributed by atoms with Crippen molar-refractivity contribution in [1.29, 1.82) is 0 Å². The lowest BCUT2D eigenvalue weighted by atomic mass is 10.1. The summed E-state index contributed by atoms with van der Waals surface area (Å²) in [6.45, 7) is 1.83. The molecule has 2 rings (SSSR count). The van der Waals surface area contributed by atoms with Gasteiger partial charge in [0, 0.05) is 12.1 Å². The molecular weight excluding hydrogens is 272 g/mol. The number of hydrogen-bond donors (Lipinski definition) is 1. The van der Waals surface area contributed by atoms with Gasteiger partial charge in [0.1, 0.15) is 11.5 Å². The molecule has 0 aliphatic heterocycles. The van der Waals surface area contributed by atoms with Gasteiger partial charge in [-0.1, -0.05) is 17.7 Å². The predicted octanol–water partition coefficient (Wildman–Crippen LogP) is 4.43. The molecule has 0 saturated heterocycles. The third-order valence-electron chi connectivity index (χ3n) is 2.60. The van der Waals surface area contributed by atoms with E-state index < -0.39 is 11.6 Å². The van der Waals surface area contributed by atoms with Gasteiger partial charge in [0.15, 0.2) is 11.6 Å². The van der Waals surface area contributed by atoms with Crippen LogP contribution in [0.15, 0.2) is 36.4 Å². The van der Waals surface area contributed by atoms with Crippen molar-refractivity contribution < 1.29 is 13.5 Å². The van der Waals surface area contributed by atoms with Gasteiger partial charge >= 0.3 is 0 Å². The fraction of sp³-hybridized carbons (Fsp3) is 0.143. The molecule has 0 aliphatic carbocycles. The number of nitrogens with two attached hydrogens (primary N) is 1. The molecule has 100 valence electrons. The topological polar surface area (TPSA) is 35.2 Å². The quantitative estimate of drug-likeness (QED) is 0.904. The summed E-state index contributed by atoms with van der Waals surface area (Å²) in [6.07, 6.45) is 0. The summed E-state index contributed by atoms with van der Waals surface area (Å²) in [5.41, 5.74) is 6.59. The molecule has 0 spiro atoms. The Morgan fingerprint density at radius 1 is 1.11 bits per heavy atom. The number of benzene rings is 2. The van der Waals surface area contributed by atoms with Gasteiger partial charge in [-0.05, 0) is 36.8 Å². The average molecular weight is 284 g/mol. The van der Waals surface area contributed by atoms with Crippen molar-refractivity contribution in [2.45, 2.75) is 13.0 Å². The SMILES string of the molecule is C[C@H](N)c1ccc(Oc2ccc(F)c(F)c2)c(Cl)c1. The summed E-state index contributed by atoms with van der Waals surface area (Å²) in [7, 11) is 0.